The van der Waals surface area contributed by atoms with Crippen molar-refractivity contribution >= 4 is 33.5 Å². The molecular formula is C25H27BrN2O3. The number of halogens is 1. The number of aromatic hydroxyl groups is 1. The Labute approximate surface area is 190 Å². The first-order valence-electron chi connectivity index (χ1n) is 11.1. The molecule has 31 heavy (non-hydrogen) atoms. The third kappa shape index (κ3) is 3.59. The zero-order valence-electron chi connectivity index (χ0n) is 17.9. The fraction of sp³-hybridized carbons (Fsp3) is 0.480. The normalized spacial score (nSPS) is 29.1. The molecule has 6 rings (SSSR count). The summed E-state index contributed by atoms with van der Waals surface area (Å²) >= 11 is 3.20. The SMILES string of the molecule is Cc1cc(C23CC4CC(CC(C4)C2)C3)cc(N=Cc2cc([N+](=O)[O-])cc(Br)c2O)c1C. The van der Waals surface area contributed by atoms with E-state index in [-0.39, 0.29) is 16.9 Å². The molecule has 4 fully saturated rings. The van der Waals surface area contributed by atoms with Gasteiger partial charge in [0.05, 0.1) is 15.1 Å². The molecule has 4 aliphatic carbocycles. The first kappa shape index (κ1) is 20.7. The van der Waals surface area contributed by atoms with E-state index in [2.05, 4.69) is 41.9 Å². The minimum Gasteiger partial charge on any atom is -0.506 e. The molecule has 0 spiro atoms. The maximum absolute atomic E-state index is 11.2. The second-order valence-corrected chi connectivity index (χ2v) is 10.9. The highest BCUT2D eigenvalue weighted by atomic mass is 79.9. The van der Waals surface area contributed by atoms with Crippen LogP contribution in [0.2, 0.25) is 0 Å². The van der Waals surface area contributed by atoms with Gasteiger partial charge in [-0.15, -0.1) is 0 Å². The third-order valence-corrected chi connectivity index (χ3v) is 8.53. The number of nitrogens with zero attached hydrogens (tertiary/aromatic N) is 2. The lowest BCUT2D eigenvalue weighted by Crippen LogP contribution is -2.48. The Morgan fingerprint density at radius 2 is 1.71 bits per heavy atom. The Bertz CT molecular complexity index is 1070. The van der Waals surface area contributed by atoms with Crippen LogP contribution < -0.4 is 0 Å². The zero-order valence-corrected chi connectivity index (χ0v) is 19.5. The highest BCUT2D eigenvalue weighted by molar-refractivity contribution is 9.10. The van der Waals surface area contributed by atoms with Crippen molar-refractivity contribution in [3.8, 4) is 5.75 Å². The van der Waals surface area contributed by atoms with Crippen LogP contribution in [0.4, 0.5) is 11.4 Å². The molecule has 4 saturated carbocycles. The van der Waals surface area contributed by atoms with Crippen molar-refractivity contribution in [3.63, 3.8) is 0 Å². The highest BCUT2D eigenvalue weighted by Crippen LogP contribution is 2.61. The smallest absolute Gasteiger partial charge is 0.271 e. The number of hydrogen-bond donors (Lipinski definition) is 1. The lowest BCUT2D eigenvalue weighted by atomic mass is 9.48. The molecule has 0 atom stereocenters. The number of phenolic OH excluding ortho intramolecular Hbond substituents is 1. The molecule has 0 saturated heterocycles. The van der Waals surface area contributed by atoms with E-state index < -0.39 is 4.92 Å². The van der Waals surface area contributed by atoms with Gasteiger partial charge in [0.2, 0.25) is 0 Å². The molecule has 6 heteroatoms. The van der Waals surface area contributed by atoms with E-state index in [0.29, 0.717) is 10.0 Å². The second kappa shape index (κ2) is 7.44. The third-order valence-electron chi connectivity index (χ3n) is 7.92. The molecule has 2 aromatic rings. The van der Waals surface area contributed by atoms with E-state index in [1.165, 1.54) is 61.8 Å². The molecule has 4 aliphatic rings. The van der Waals surface area contributed by atoms with E-state index in [0.717, 1.165) is 29.0 Å². The Kier molecular flexibility index (Phi) is 4.96. The Hall–Kier alpha value is -2.21. The van der Waals surface area contributed by atoms with Crippen molar-refractivity contribution in [1.29, 1.82) is 0 Å². The van der Waals surface area contributed by atoms with Gasteiger partial charge in [0, 0.05) is 23.9 Å². The Morgan fingerprint density at radius 1 is 1.10 bits per heavy atom. The summed E-state index contributed by atoms with van der Waals surface area (Å²) in [5.74, 6) is 2.58. The van der Waals surface area contributed by atoms with E-state index in [9.17, 15) is 15.2 Å². The summed E-state index contributed by atoms with van der Waals surface area (Å²) in [6, 6.07) is 7.25. The molecule has 0 aliphatic heterocycles. The standard InChI is InChI=1S/C25H27BrN2O3/c1-14-3-20(25-10-16-4-17(11-25)6-18(5-16)12-25)8-23(15(14)2)27-13-19-7-21(28(30)31)9-22(26)24(19)29/h3,7-9,13,16-18,29H,4-6,10-12H2,1-2H3. The van der Waals surface area contributed by atoms with Crippen molar-refractivity contribution in [2.24, 2.45) is 22.7 Å². The molecule has 0 aromatic heterocycles. The fourth-order valence-electron chi connectivity index (χ4n) is 6.69. The van der Waals surface area contributed by atoms with Crippen LogP contribution in [0.1, 0.15) is 60.8 Å². The number of phenols is 1. The molecular weight excluding hydrogens is 456 g/mol. The van der Waals surface area contributed by atoms with Gasteiger partial charge in [0.15, 0.2) is 0 Å². The topological polar surface area (TPSA) is 75.7 Å². The number of aliphatic imine (C=N–C) groups is 1. The van der Waals surface area contributed by atoms with Gasteiger partial charge in [-0.1, -0.05) is 6.07 Å². The second-order valence-electron chi connectivity index (χ2n) is 10.0. The summed E-state index contributed by atoms with van der Waals surface area (Å²) in [5.41, 5.74) is 5.16. The summed E-state index contributed by atoms with van der Waals surface area (Å²) in [6.45, 7) is 4.20. The van der Waals surface area contributed by atoms with E-state index in [1.807, 2.05) is 0 Å². The van der Waals surface area contributed by atoms with Gasteiger partial charge in [-0.3, -0.25) is 15.1 Å². The summed E-state index contributed by atoms with van der Waals surface area (Å²) in [7, 11) is 0. The summed E-state index contributed by atoms with van der Waals surface area (Å²) < 4.78 is 0.290. The van der Waals surface area contributed by atoms with Gasteiger partial charge >= 0.3 is 0 Å². The lowest BCUT2D eigenvalue weighted by molar-refractivity contribution is -0.385. The van der Waals surface area contributed by atoms with Crippen LogP contribution in [-0.2, 0) is 5.41 Å². The molecule has 0 unspecified atom stereocenters. The number of rotatable bonds is 4. The van der Waals surface area contributed by atoms with Crippen LogP contribution in [-0.4, -0.2) is 16.2 Å². The molecule has 0 radical (unpaired) electrons. The molecule has 2 aromatic carbocycles. The van der Waals surface area contributed by atoms with Gasteiger partial charge in [-0.2, -0.15) is 0 Å². The van der Waals surface area contributed by atoms with Crippen LogP contribution in [0, 0.1) is 41.7 Å². The maximum Gasteiger partial charge on any atom is 0.271 e. The van der Waals surface area contributed by atoms with Crippen LogP contribution in [0.25, 0.3) is 0 Å². The number of benzene rings is 2. The summed E-state index contributed by atoms with van der Waals surface area (Å²) in [5, 5.41) is 21.6. The number of hydrogen-bond acceptors (Lipinski definition) is 4. The Morgan fingerprint density at radius 3 is 2.29 bits per heavy atom. The highest BCUT2D eigenvalue weighted by Gasteiger charge is 2.51. The first-order chi connectivity index (χ1) is 14.7. The van der Waals surface area contributed by atoms with E-state index in [4.69, 9.17) is 4.99 Å². The van der Waals surface area contributed by atoms with E-state index >= 15 is 0 Å². The average Bonchev–Trinajstić information content (AvgIpc) is 2.70. The van der Waals surface area contributed by atoms with Gasteiger partial charge in [0.1, 0.15) is 5.75 Å². The molecule has 0 heterocycles. The van der Waals surface area contributed by atoms with Crippen molar-refractivity contribution < 1.29 is 10.0 Å². The van der Waals surface area contributed by atoms with Crippen molar-refractivity contribution in [1.82, 2.24) is 0 Å². The number of aryl methyl sites for hydroxylation is 1. The number of nitro benzene ring substituents is 1. The van der Waals surface area contributed by atoms with Crippen molar-refractivity contribution in [2.75, 3.05) is 0 Å². The molecule has 0 amide bonds. The van der Waals surface area contributed by atoms with Crippen molar-refractivity contribution in [3.05, 3.63) is 61.1 Å². The van der Waals surface area contributed by atoms with Gasteiger partial charge < -0.3 is 5.11 Å². The largest absolute Gasteiger partial charge is 0.506 e. The monoisotopic (exact) mass is 482 g/mol. The number of nitro groups is 1. The quantitative estimate of drug-likeness (QED) is 0.292. The van der Waals surface area contributed by atoms with Crippen LogP contribution in [0.5, 0.6) is 5.75 Å². The molecule has 1 N–H and O–H groups in total. The minimum atomic E-state index is -0.468. The molecule has 162 valence electrons. The predicted molar refractivity (Wildman–Crippen MR) is 125 cm³/mol. The van der Waals surface area contributed by atoms with E-state index in [1.54, 1.807) is 6.21 Å². The fourth-order valence-corrected chi connectivity index (χ4v) is 7.16. The van der Waals surface area contributed by atoms with Gasteiger partial charge in [0.25, 0.3) is 5.69 Å². The summed E-state index contributed by atoms with van der Waals surface area (Å²) in [4.78, 5) is 15.4. The maximum atomic E-state index is 11.2. The van der Waals surface area contributed by atoms with Crippen molar-refractivity contribution in [2.45, 2.75) is 57.8 Å². The van der Waals surface area contributed by atoms with Crippen LogP contribution in [0.15, 0.2) is 33.7 Å². The predicted octanol–water partition coefficient (Wildman–Crippen LogP) is 6.90. The van der Waals surface area contributed by atoms with Crippen LogP contribution >= 0.6 is 15.9 Å². The number of non-ortho nitro benzene ring substituents is 1. The molecule has 4 bridgehead atoms. The minimum absolute atomic E-state index is 0.0408. The first-order valence-corrected chi connectivity index (χ1v) is 11.9. The Balaban J connectivity index is 1.53. The average molecular weight is 483 g/mol. The zero-order chi connectivity index (χ0) is 21.9. The van der Waals surface area contributed by atoms with Gasteiger partial charge in [-0.05, 0) is 114 Å². The lowest BCUT2D eigenvalue weighted by Gasteiger charge is -2.57. The summed E-state index contributed by atoms with van der Waals surface area (Å²) in [6.07, 6.45) is 9.66. The van der Waals surface area contributed by atoms with Crippen LogP contribution in [0.3, 0.4) is 0 Å². The molecule has 5 nitrogen and oxygen atoms in total. The van der Waals surface area contributed by atoms with Gasteiger partial charge in [-0.25, -0.2) is 0 Å².